The standard InChI is InChI=1S/C13H17ClN6S/c1-9(13-16-2-7-21-13)19-3-5-20(6-4-19)12-10(14)11(15)17-8-18-12/h2,7-9H,3-6H2,1H3,(H2,15,17,18)/t9-/m0/s1. The van der Waals surface area contributed by atoms with Gasteiger partial charge in [0.1, 0.15) is 22.2 Å². The lowest BCUT2D eigenvalue weighted by atomic mass is 10.2. The average Bonchev–Trinajstić information content (AvgIpc) is 3.04. The highest BCUT2D eigenvalue weighted by atomic mass is 35.5. The van der Waals surface area contributed by atoms with Crippen LogP contribution in [0, 0.1) is 0 Å². The number of thiazole rings is 1. The molecule has 112 valence electrons. The van der Waals surface area contributed by atoms with Crippen molar-refractivity contribution in [2.24, 2.45) is 0 Å². The first-order chi connectivity index (χ1) is 10.2. The Balaban J connectivity index is 1.66. The normalized spacial score (nSPS) is 17.9. The molecule has 0 saturated carbocycles. The van der Waals surface area contributed by atoms with E-state index >= 15 is 0 Å². The predicted octanol–water partition coefficient (Wildman–Crippen LogP) is 2.05. The highest BCUT2D eigenvalue weighted by Gasteiger charge is 2.25. The van der Waals surface area contributed by atoms with Crippen LogP contribution in [-0.4, -0.2) is 46.0 Å². The zero-order chi connectivity index (χ0) is 14.8. The summed E-state index contributed by atoms with van der Waals surface area (Å²) in [5, 5.41) is 3.62. The van der Waals surface area contributed by atoms with E-state index in [1.54, 1.807) is 11.3 Å². The second kappa shape index (κ2) is 6.13. The van der Waals surface area contributed by atoms with Crippen LogP contribution in [0.25, 0.3) is 0 Å². The van der Waals surface area contributed by atoms with Gasteiger partial charge in [-0.1, -0.05) is 11.6 Å². The molecule has 1 aliphatic heterocycles. The summed E-state index contributed by atoms with van der Waals surface area (Å²) in [4.78, 5) is 17.1. The Labute approximate surface area is 132 Å². The van der Waals surface area contributed by atoms with Crippen LogP contribution >= 0.6 is 22.9 Å². The Bertz CT molecular complexity index is 597. The molecule has 0 aliphatic carbocycles. The van der Waals surface area contributed by atoms with E-state index in [0.29, 0.717) is 16.9 Å². The summed E-state index contributed by atoms with van der Waals surface area (Å²) in [6.45, 7) is 5.82. The maximum absolute atomic E-state index is 6.19. The summed E-state index contributed by atoms with van der Waals surface area (Å²) in [5.41, 5.74) is 5.74. The van der Waals surface area contributed by atoms with Crippen LogP contribution in [0.2, 0.25) is 5.02 Å². The van der Waals surface area contributed by atoms with Crippen LogP contribution in [-0.2, 0) is 0 Å². The minimum Gasteiger partial charge on any atom is -0.382 e. The molecule has 2 aromatic rings. The molecule has 2 N–H and O–H groups in total. The summed E-state index contributed by atoms with van der Waals surface area (Å²) in [7, 11) is 0. The van der Waals surface area contributed by atoms with Gasteiger partial charge in [0.15, 0.2) is 5.82 Å². The number of anilines is 2. The highest BCUT2D eigenvalue weighted by Crippen LogP contribution is 2.29. The Morgan fingerprint density at radius 2 is 2.00 bits per heavy atom. The molecule has 6 nitrogen and oxygen atoms in total. The van der Waals surface area contributed by atoms with E-state index in [0.717, 1.165) is 37.0 Å². The number of rotatable bonds is 3. The average molecular weight is 325 g/mol. The largest absolute Gasteiger partial charge is 0.382 e. The second-order valence-electron chi connectivity index (χ2n) is 4.97. The molecule has 0 bridgehead atoms. The smallest absolute Gasteiger partial charge is 0.153 e. The number of nitrogens with zero attached hydrogens (tertiary/aromatic N) is 5. The predicted molar refractivity (Wildman–Crippen MR) is 85.8 cm³/mol. The fraction of sp³-hybridized carbons (Fsp3) is 0.462. The minimum absolute atomic E-state index is 0.334. The minimum atomic E-state index is 0.334. The molecule has 0 amide bonds. The van der Waals surface area contributed by atoms with Gasteiger partial charge in [-0.05, 0) is 6.92 Å². The van der Waals surface area contributed by atoms with E-state index in [1.165, 1.54) is 6.33 Å². The van der Waals surface area contributed by atoms with E-state index in [9.17, 15) is 0 Å². The van der Waals surface area contributed by atoms with Crippen molar-refractivity contribution in [3.05, 3.63) is 27.9 Å². The highest BCUT2D eigenvalue weighted by molar-refractivity contribution is 7.09. The molecular weight excluding hydrogens is 308 g/mol. The molecule has 0 unspecified atom stereocenters. The third-order valence-corrected chi connectivity index (χ3v) is 5.08. The van der Waals surface area contributed by atoms with Crippen LogP contribution in [0.15, 0.2) is 17.9 Å². The summed E-state index contributed by atoms with van der Waals surface area (Å²) in [6, 6.07) is 0.345. The van der Waals surface area contributed by atoms with Crippen molar-refractivity contribution >= 4 is 34.6 Å². The van der Waals surface area contributed by atoms with Crippen molar-refractivity contribution in [2.75, 3.05) is 36.8 Å². The molecule has 21 heavy (non-hydrogen) atoms. The Kier molecular flexibility index (Phi) is 4.23. The fourth-order valence-electron chi connectivity index (χ4n) is 2.51. The first-order valence-electron chi connectivity index (χ1n) is 6.81. The van der Waals surface area contributed by atoms with E-state index in [2.05, 4.69) is 31.7 Å². The maximum Gasteiger partial charge on any atom is 0.153 e. The first kappa shape index (κ1) is 14.5. The zero-order valence-electron chi connectivity index (χ0n) is 11.7. The van der Waals surface area contributed by atoms with Crippen LogP contribution in [0.4, 0.5) is 11.6 Å². The Morgan fingerprint density at radius 1 is 1.24 bits per heavy atom. The van der Waals surface area contributed by atoms with E-state index < -0.39 is 0 Å². The van der Waals surface area contributed by atoms with E-state index in [-0.39, 0.29) is 0 Å². The topological polar surface area (TPSA) is 71.2 Å². The van der Waals surface area contributed by atoms with Crippen LogP contribution in [0.5, 0.6) is 0 Å². The molecule has 2 aromatic heterocycles. The zero-order valence-corrected chi connectivity index (χ0v) is 13.3. The van der Waals surface area contributed by atoms with Crippen molar-refractivity contribution in [1.82, 2.24) is 19.9 Å². The van der Waals surface area contributed by atoms with Gasteiger partial charge in [-0.3, -0.25) is 4.90 Å². The van der Waals surface area contributed by atoms with Gasteiger partial charge in [-0.2, -0.15) is 0 Å². The van der Waals surface area contributed by atoms with Crippen LogP contribution in [0.1, 0.15) is 18.0 Å². The number of halogens is 1. The molecule has 1 aliphatic rings. The monoisotopic (exact) mass is 324 g/mol. The molecule has 3 rings (SSSR count). The molecule has 8 heteroatoms. The Morgan fingerprint density at radius 3 is 2.67 bits per heavy atom. The van der Waals surface area contributed by atoms with Gasteiger partial charge in [-0.25, -0.2) is 15.0 Å². The lowest BCUT2D eigenvalue weighted by molar-refractivity contribution is 0.198. The second-order valence-corrected chi connectivity index (χ2v) is 6.27. The first-order valence-corrected chi connectivity index (χ1v) is 8.07. The van der Waals surface area contributed by atoms with Crippen molar-refractivity contribution in [3.8, 4) is 0 Å². The van der Waals surface area contributed by atoms with Gasteiger partial charge in [0.25, 0.3) is 0 Å². The number of nitrogen functional groups attached to an aromatic ring is 1. The van der Waals surface area contributed by atoms with Crippen LogP contribution < -0.4 is 10.6 Å². The lowest BCUT2D eigenvalue weighted by Crippen LogP contribution is -2.47. The number of aromatic nitrogens is 3. The van der Waals surface area contributed by atoms with Gasteiger partial charge in [-0.15, -0.1) is 11.3 Å². The third-order valence-electron chi connectivity index (χ3n) is 3.77. The van der Waals surface area contributed by atoms with Crippen LogP contribution in [0.3, 0.4) is 0 Å². The van der Waals surface area contributed by atoms with Crippen molar-refractivity contribution in [2.45, 2.75) is 13.0 Å². The van der Waals surface area contributed by atoms with Crippen molar-refractivity contribution < 1.29 is 0 Å². The van der Waals surface area contributed by atoms with Gasteiger partial charge in [0.2, 0.25) is 0 Å². The van der Waals surface area contributed by atoms with Gasteiger partial charge in [0, 0.05) is 37.8 Å². The molecule has 0 aromatic carbocycles. The summed E-state index contributed by atoms with van der Waals surface area (Å²) < 4.78 is 0. The molecule has 1 saturated heterocycles. The number of piperazine rings is 1. The Hall–Kier alpha value is -1.44. The molecule has 0 spiro atoms. The maximum atomic E-state index is 6.19. The van der Waals surface area contributed by atoms with Crippen molar-refractivity contribution in [1.29, 1.82) is 0 Å². The summed E-state index contributed by atoms with van der Waals surface area (Å²) in [5.74, 6) is 1.06. The molecule has 1 fully saturated rings. The van der Waals surface area contributed by atoms with Gasteiger partial charge < -0.3 is 10.6 Å². The van der Waals surface area contributed by atoms with Gasteiger partial charge in [0.05, 0.1) is 6.04 Å². The number of hydrogen-bond acceptors (Lipinski definition) is 7. The number of hydrogen-bond donors (Lipinski definition) is 1. The summed E-state index contributed by atoms with van der Waals surface area (Å²) >= 11 is 7.89. The summed E-state index contributed by atoms with van der Waals surface area (Å²) in [6.07, 6.45) is 3.32. The molecular formula is C13H17ClN6S. The fourth-order valence-corrected chi connectivity index (χ4v) is 3.46. The van der Waals surface area contributed by atoms with Gasteiger partial charge >= 0.3 is 0 Å². The van der Waals surface area contributed by atoms with E-state index in [4.69, 9.17) is 17.3 Å². The quantitative estimate of drug-likeness (QED) is 0.931. The molecule has 3 heterocycles. The van der Waals surface area contributed by atoms with Crippen molar-refractivity contribution in [3.63, 3.8) is 0 Å². The number of nitrogens with two attached hydrogens (primary N) is 1. The molecule has 0 radical (unpaired) electrons. The van der Waals surface area contributed by atoms with E-state index in [1.807, 2.05) is 11.6 Å². The molecule has 1 atom stereocenters. The third kappa shape index (κ3) is 2.95. The SMILES string of the molecule is C[C@@H](c1nccs1)N1CCN(c2ncnc(N)c2Cl)CC1. The lowest BCUT2D eigenvalue weighted by Gasteiger charge is -2.38.